The summed E-state index contributed by atoms with van der Waals surface area (Å²) in [5, 5.41) is 6.29. The van der Waals surface area contributed by atoms with Crippen molar-refractivity contribution in [2.75, 3.05) is 10.6 Å². The Labute approximate surface area is 154 Å². The van der Waals surface area contributed by atoms with E-state index < -0.39 is 0 Å². The zero-order chi connectivity index (χ0) is 18.5. The first-order chi connectivity index (χ1) is 12.5. The van der Waals surface area contributed by atoms with Crippen LogP contribution >= 0.6 is 0 Å². The second-order valence-corrected chi connectivity index (χ2v) is 6.54. The lowest BCUT2D eigenvalue weighted by Crippen LogP contribution is -2.15. The predicted octanol–water partition coefficient (Wildman–Crippen LogP) is 4.87. The van der Waals surface area contributed by atoms with Crippen molar-refractivity contribution < 1.29 is 4.79 Å². The summed E-state index contributed by atoms with van der Waals surface area (Å²) in [5.74, 6) is -0.210. The van der Waals surface area contributed by atoms with Crippen LogP contribution in [0.2, 0.25) is 0 Å². The predicted molar refractivity (Wildman–Crippen MR) is 107 cm³/mol. The largest absolute Gasteiger partial charge is 0.381 e. The summed E-state index contributed by atoms with van der Waals surface area (Å²) in [4.78, 5) is 16.8. The molecule has 3 rings (SSSR count). The summed E-state index contributed by atoms with van der Waals surface area (Å²) in [6.07, 6.45) is 1.65. The van der Waals surface area contributed by atoms with E-state index >= 15 is 0 Å². The van der Waals surface area contributed by atoms with Crippen LogP contribution in [0.15, 0.2) is 60.8 Å². The molecule has 132 valence electrons. The van der Waals surface area contributed by atoms with Gasteiger partial charge in [0.1, 0.15) is 5.69 Å². The molecule has 4 heteroatoms. The Morgan fingerprint density at radius 1 is 0.962 bits per heavy atom. The third-order valence-electron chi connectivity index (χ3n) is 4.21. The van der Waals surface area contributed by atoms with Gasteiger partial charge in [-0.1, -0.05) is 42.0 Å². The number of pyridine rings is 1. The Balaban J connectivity index is 1.70. The normalized spacial score (nSPS) is 10.4. The van der Waals surface area contributed by atoms with Gasteiger partial charge in [0.15, 0.2) is 0 Å². The number of carbonyl (C=O) groups is 1. The van der Waals surface area contributed by atoms with Crippen LogP contribution in [0.3, 0.4) is 0 Å². The Morgan fingerprint density at radius 2 is 1.77 bits per heavy atom. The summed E-state index contributed by atoms with van der Waals surface area (Å²) in [7, 11) is 0. The molecular weight excluding hydrogens is 322 g/mol. The molecule has 3 aromatic rings. The fraction of sp³-hybridized carbons (Fsp3) is 0.182. The molecule has 2 aromatic carbocycles. The van der Waals surface area contributed by atoms with Crippen molar-refractivity contribution in [2.45, 2.75) is 27.3 Å². The van der Waals surface area contributed by atoms with Crippen LogP contribution < -0.4 is 10.6 Å². The number of nitrogens with zero attached hydrogens (tertiary/aromatic N) is 1. The van der Waals surface area contributed by atoms with Crippen molar-refractivity contribution in [3.63, 3.8) is 0 Å². The van der Waals surface area contributed by atoms with Gasteiger partial charge >= 0.3 is 0 Å². The number of benzene rings is 2. The highest BCUT2D eigenvalue weighted by Gasteiger charge is 2.10. The molecule has 1 heterocycles. The molecule has 2 N–H and O–H groups in total. The molecule has 0 radical (unpaired) electrons. The molecule has 0 spiro atoms. The number of carbonyl (C=O) groups excluding carboxylic acids is 1. The summed E-state index contributed by atoms with van der Waals surface area (Å²) >= 11 is 0. The van der Waals surface area contributed by atoms with Crippen LogP contribution in [-0.4, -0.2) is 10.9 Å². The van der Waals surface area contributed by atoms with E-state index in [1.54, 1.807) is 12.3 Å². The average molecular weight is 345 g/mol. The van der Waals surface area contributed by atoms with Crippen LogP contribution in [-0.2, 0) is 6.54 Å². The second kappa shape index (κ2) is 7.83. The van der Waals surface area contributed by atoms with Gasteiger partial charge in [0.05, 0.1) is 0 Å². The fourth-order valence-electron chi connectivity index (χ4n) is 2.75. The highest BCUT2D eigenvalue weighted by atomic mass is 16.1. The minimum atomic E-state index is -0.210. The van der Waals surface area contributed by atoms with Crippen LogP contribution in [0.1, 0.15) is 32.7 Å². The van der Waals surface area contributed by atoms with E-state index in [-0.39, 0.29) is 5.91 Å². The van der Waals surface area contributed by atoms with Crippen molar-refractivity contribution in [1.29, 1.82) is 0 Å². The molecule has 0 saturated carbocycles. The molecule has 0 aliphatic heterocycles. The average Bonchev–Trinajstić information content (AvgIpc) is 2.63. The standard InChI is InChI=1S/C22H23N3O/c1-15-5-4-6-18(11-15)14-24-19-9-10-23-21(13-19)22(26)25-20-12-16(2)7-8-17(20)3/h4-13H,14H2,1-3H3,(H,23,24)(H,25,26). The molecule has 4 nitrogen and oxygen atoms in total. The minimum Gasteiger partial charge on any atom is -0.381 e. The number of hydrogen-bond donors (Lipinski definition) is 2. The van der Waals surface area contributed by atoms with Gasteiger partial charge in [-0.3, -0.25) is 9.78 Å². The van der Waals surface area contributed by atoms with Crippen LogP contribution in [0.25, 0.3) is 0 Å². The van der Waals surface area contributed by atoms with E-state index in [1.165, 1.54) is 11.1 Å². The number of rotatable bonds is 5. The smallest absolute Gasteiger partial charge is 0.274 e. The molecule has 1 aromatic heterocycles. The number of anilines is 2. The number of aryl methyl sites for hydroxylation is 3. The van der Waals surface area contributed by atoms with Gasteiger partial charge in [0, 0.05) is 24.1 Å². The van der Waals surface area contributed by atoms with Crippen LogP contribution in [0.4, 0.5) is 11.4 Å². The van der Waals surface area contributed by atoms with Gasteiger partial charge in [0.25, 0.3) is 5.91 Å². The zero-order valence-electron chi connectivity index (χ0n) is 15.3. The lowest BCUT2D eigenvalue weighted by atomic mass is 10.1. The van der Waals surface area contributed by atoms with Crippen molar-refractivity contribution in [3.05, 3.63) is 88.7 Å². The zero-order valence-corrected chi connectivity index (χ0v) is 15.3. The Bertz CT molecular complexity index is 934. The Kier molecular flexibility index (Phi) is 5.32. The van der Waals surface area contributed by atoms with Gasteiger partial charge in [-0.25, -0.2) is 0 Å². The van der Waals surface area contributed by atoms with Crippen molar-refractivity contribution in [1.82, 2.24) is 4.98 Å². The first-order valence-corrected chi connectivity index (χ1v) is 8.65. The first-order valence-electron chi connectivity index (χ1n) is 8.65. The number of amides is 1. The summed E-state index contributed by atoms with van der Waals surface area (Å²) in [5.41, 5.74) is 6.63. The van der Waals surface area contributed by atoms with Gasteiger partial charge in [0.2, 0.25) is 0 Å². The van der Waals surface area contributed by atoms with E-state index in [1.807, 2.05) is 44.2 Å². The van der Waals surface area contributed by atoms with Gasteiger partial charge < -0.3 is 10.6 Å². The molecule has 0 aliphatic rings. The third-order valence-corrected chi connectivity index (χ3v) is 4.21. The third kappa shape index (κ3) is 4.48. The monoisotopic (exact) mass is 345 g/mol. The van der Waals surface area contributed by atoms with Gasteiger partial charge in [-0.05, 0) is 55.7 Å². The second-order valence-electron chi connectivity index (χ2n) is 6.54. The lowest BCUT2D eigenvalue weighted by molar-refractivity contribution is 0.102. The van der Waals surface area contributed by atoms with E-state index in [2.05, 4.69) is 40.7 Å². The van der Waals surface area contributed by atoms with Crippen molar-refractivity contribution in [2.24, 2.45) is 0 Å². The number of hydrogen-bond acceptors (Lipinski definition) is 3. The van der Waals surface area contributed by atoms with E-state index in [9.17, 15) is 4.79 Å². The van der Waals surface area contributed by atoms with E-state index in [4.69, 9.17) is 0 Å². The van der Waals surface area contributed by atoms with Crippen molar-refractivity contribution >= 4 is 17.3 Å². The van der Waals surface area contributed by atoms with E-state index in [0.29, 0.717) is 12.2 Å². The molecule has 0 bridgehead atoms. The first kappa shape index (κ1) is 17.7. The molecule has 0 aliphatic carbocycles. The quantitative estimate of drug-likeness (QED) is 0.693. The lowest BCUT2D eigenvalue weighted by Gasteiger charge is -2.11. The van der Waals surface area contributed by atoms with E-state index in [0.717, 1.165) is 22.5 Å². The summed E-state index contributed by atoms with van der Waals surface area (Å²) < 4.78 is 0. The summed E-state index contributed by atoms with van der Waals surface area (Å²) in [6.45, 7) is 6.75. The SMILES string of the molecule is Cc1cccc(CNc2ccnc(C(=O)Nc3cc(C)ccc3C)c2)c1. The molecule has 1 amide bonds. The fourth-order valence-corrected chi connectivity index (χ4v) is 2.75. The summed E-state index contributed by atoms with van der Waals surface area (Å²) in [6, 6.07) is 18.0. The van der Waals surface area contributed by atoms with Gasteiger partial charge in [-0.2, -0.15) is 0 Å². The Hall–Kier alpha value is -3.14. The maximum atomic E-state index is 12.5. The van der Waals surface area contributed by atoms with Gasteiger partial charge in [-0.15, -0.1) is 0 Å². The Morgan fingerprint density at radius 3 is 2.58 bits per heavy atom. The molecule has 0 atom stereocenters. The number of nitrogens with one attached hydrogen (secondary N) is 2. The maximum absolute atomic E-state index is 12.5. The topological polar surface area (TPSA) is 54.0 Å². The molecule has 0 fully saturated rings. The van der Waals surface area contributed by atoms with Crippen LogP contribution in [0, 0.1) is 20.8 Å². The minimum absolute atomic E-state index is 0.210. The molecule has 26 heavy (non-hydrogen) atoms. The molecule has 0 unspecified atom stereocenters. The highest BCUT2D eigenvalue weighted by Crippen LogP contribution is 2.18. The number of aromatic nitrogens is 1. The van der Waals surface area contributed by atoms with Crippen LogP contribution in [0.5, 0.6) is 0 Å². The van der Waals surface area contributed by atoms with Crippen molar-refractivity contribution in [3.8, 4) is 0 Å². The molecular formula is C22H23N3O. The maximum Gasteiger partial charge on any atom is 0.274 e. The molecule has 0 saturated heterocycles. The highest BCUT2D eigenvalue weighted by molar-refractivity contribution is 6.03.